The summed E-state index contributed by atoms with van der Waals surface area (Å²) < 4.78 is 0. The van der Waals surface area contributed by atoms with Crippen molar-refractivity contribution < 1.29 is 5.11 Å². The van der Waals surface area contributed by atoms with E-state index in [1.165, 1.54) is 0 Å². The van der Waals surface area contributed by atoms with Gasteiger partial charge >= 0.3 is 0 Å². The van der Waals surface area contributed by atoms with Crippen molar-refractivity contribution in [3.63, 3.8) is 0 Å². The zero-order valence-corrected chi connectivity index (χ0v) is 22.1. The van der Waals surface area contributed by atoms with Gasteiger partial charge in [0, 0.05) is 37.3 Å². The van der Waals surface area contributed by atoms with E-state index in [1.54, 1.807) is 12.3 Å². The van der Waals surface area contributed by atoms with Crippen molar-refractivity contribution in [2.45, 2.75) is 58.0 Å². The first kappa shape index (κ1) is 28.1. The van der Waals surface area contributed by atoms with Crippen molar-refractivity contribution >= 4 is 22.7 Å². The van der Waals surface area contributed by atoms with Gasteiger partial charge in [-0.25, -0.2) is 4.98 Å². The Balaban J connectivity index is 2.01. The fourth-order valence-corrected chi connectivity index (χ4v) is 4.40. The predicted molar refractivity (Wildman–Crippen MR) is 154 cm³/mol. The Kier molecular flexibility index (Phi) is 10.00. The first-order valence-corrected chi connectivity index (χ1v) is 12.9. The number of benzene rings is 1. The summed E-state index contributed by atoms with van der Waals surface area (Å²) in [7, 11) is 0. The molecule has 37 heavy (non-hydrogen) atoms. The van der Waals surface area contributed by atoms with Gasteiger partial charge in [0.1, 0.15) is 5.82 Å². The van der Waals surface area contributed by atoms with Gasteiger partial charge in [0.25, 0.3) is 0 Å². The van der Waals surface area contributed by atoms with Crippen LogP contribution in [-0.4, -0.2) is 50.2 Å². The molecule has 2 heterocycles. The Morgan fingerprint density at radius 2 is 1.92 bits per heavy atom. The quantitative estimate of drug-likeness (QED) is 0.218. The molecule has 0 aliphatic heterocycles. The van der Waals surface area contributed by atoms with Crippen molar-refractivity contribution in [2.24, 2.45) is 0 Å². The average molecular weight is 505 g/mol. The van der Waals surface area contributed by atoms with Crippen LogP contribution in [0.1, 0.15) is 51.5 Å². The fraction of sp³-hybridized carbons (Fsp3) is 0.414. The zero-order chi connectivity index (χ0) is 26.8. The molecule has 1 aromatic carbocycles. The number of aliphatic hydroxyl groups excluding tert-OH is 1. The maximum Gasteiger partial charge on any atom is 0.248 e. The lowest BCUT2D eigenvalue weighted by Crippen LogP contribution is -2.39. The van der Waals surface area contributed by atoms with Crippen LogP contribution in [-0.2, 0) is 6.54 Å². The van der Waals surface area contributed by atoms with E-state index >= 15 is 0 Å². The second-order valence-corrected chi connectivity index (χ2v) is 9.78. The number of pyridine rings is 1. The highest BCUT2D eigenvalue weighted by molar-refractivity contribution is 5.93. The molecule has 8 nitrogen and oxygen atoms in total. The summed E-state index contributed by atoms with van der Waals surface area (Å²) in [4.78, 5) is 26.4. The topological polar surface area (TPSA) is 120 Å². The Bertz CT molecular complexity index is 1260. The van der Waals surface area contributed by atoms with Crippen LogP contribution < -0.4 is 16.6 Å². The summed E-state index contributed by atoms with van der Waals surface area (Å²) in [6, 6.07) is 7.50. The van der Waals surface area contributed by atoms with E-state index in [-0.39, 0.29) is 18.1 Å². The van der Waals surface area contributed by atoms with Gasteiger partial charge in [0.15, 0.2) is 0 Å². The highest BCUT2D eigenvalue weighted by Crippen LogP contribution is 2.31. The molecule has 0 aliphatic carbocycles. The molecule has 0 radical (unpaired) electrons. The lowest BCUT2D eigenvalue weighted by Gasteiger charge is -2.30. The van der Waals surface area contributed by atoms with Gasteiger partial charge in [0.05, 0.1) is 17.7 Å². The number of aliphatic hydroxyl groups is 1. The molecule has 1 atom stereocenters. The lowest BCUT2D eigenvalue weighted by atomic mass is 9.95. The fourth-order valence-electron chi connectivity index (χ4n) is 4.40. The molecule has 0 aliphatic rings. The highest BCUT2D eigenvalue weighted by Gasteiger charge is 2.24. The number of rotatable bonds is 15. The first-order valence-electron chi connectivity index (χ1n) is 12.9. The number of hydrogen-bond donors (Lipinski definition) is 4. The van der Waals surface area contributed by atoms with Gasteiger partial charge in [0.2, 0.25) is 11.5 Å². The maximum atomic E-state index is 12.3. The number of hydrogen-bond acceptors (Lipinski definition) is 7. The molecule has 3 rings (SSSR count). The lowest BCUT2D eigenvalue weighted by molar-refractivity contribution is 0.212. The Morgan fingerprint density at radius 3 is 2.57 bits per heavy atom. The summed E-state index contributed by atoms with van der Waals surface area (Å²) in [5, 5.41) is 14.3. The largest absolute Gasteiger partial charge is 0.394 e. The SMILES string of the molecule is C=CCCN(CCC=C)Cc1c[nH]c(=O)cc1-c1ccc2c(N[C@@](C)(CO)CCCC)nc(N)nc2c1. The van der Waals surface area contributed by atoms with Crippen LogP contribution in [0.2, 0.25) is 0 Å². The molecule has 0 saturated carbocycles. The van der Waals surface area contributed by atoms with Crippen LogP contribution in [0.15, 0.2) is 60.6 Å². The molecule has 8 heteroatoms. The number of nitrogens with one attached hydrogen (secondary N) is 2. The molecule has 3 aromatic rings. The zero-order valence-electron chi connectivity index (χ0n) is 22.1. The third kappa shape index (κ3) is 7.50. The summed E-state index contributed by atoms with van der Waals surface area (Å²) >= 11 is 0. The third-order valence-corrected chi connectivity index (χ3v) is 6.58. The summed E-state index contributed by atoms with van der Waals surface area (Å²) in [6.45, 7) is 14.2. The normalized spacial score (nSPS) is 13.0. The van der Waals surface area contributed by atoms with Crippen LogP contribution in [0.3, 0.4) is 0 Å². The molecule has 0 unspecified atom stereocenters. The molecule has 0 bridgehead atoms. The van der Waals surface area contributed by atoms with Crippen molar-refractivity contribution in [3.05, 3.63) is 71.7 Å². The molecule has 198 valence electrons. The number of aromatic nitrogens is 3. The molecule has 2 aromatic heterocycles. The first-order chi connectivity index (χ1) is 17.8. The third-order valence-electron chi connectivity index (χ3n) is 6.58. The maximum absolute atomic E-state index is 12.3. The highest BCUT2D eigenvalue weighted by atomic mass is 16.3. The Morgan fingerprint density at radius 1 is 1.19 bits per heavy atom. The Labute approximate surface area is 219 Å². The van der Waals surface area contributed by atoms with Gasteiger partial charge in [-0.15, -0.1) is 13.2 Å². The minimum atomic E-state index is -0.525. The second kappa shape index (κ2) is 13.2. The molecule has 0 fully saturated rings. The number of fused-ring (bicyclic) bond motifs is 1. The van der Waals surface area contributed by atoms with E-state index < -0.39 is 5.54 Å². The number of anilines is 2. The average Bonchev–Trinajstić information content (AvgIpc) is 2.89. The van der Waals surface area contributed by atoms with E-state index in [0.29, 0.717) is 17.9 Å². The van der Waals surface area contributed by atoms with Crippen molar-refractivity contribution in [1.82, 2.24) is 19.9 Å². The minimum absolute atomic E-state index is 0.0269. The second-order valence-electron chi connectivity index (χ2n) is 9.78. The number of nitrogen functional groups attached to an aromatic ring is 1. The summed E-state index contributed by atoms with van der Waals surface area (Å²) in [5.74, 6) is 0.738. The van der Waals surface area contributed by atoms with E-state index in [2.05, 4.69) is 45.3 Å². The molecular weight excluding hydrogens is 464 g/mol. The molecule has 0 saturated heterocycles. The number of nitrogens with zero attached hydrogens (tertiary/aromatic N) is 3. The van der Waals surface area contributed by atoms with Crippen molar-refractivity contribution in [1.29, 1.82) is 0 Å². The van der Waals surface area contributed by atoms with Crippen molar-refractivity contribution in [2.75, 3.05) is 30.7 Å². The summed E-state index contributed by atoms with van der Waals surface area (Å²) in [6.07, 6.45) is 10.2. The number of unbranched alkanes of at least 4 members (excludes halogenated alkanes) is 1. The number of nitrogens with two attached hydrogens (primary N) is 1. The van der Waals surface area contributed by atoms with Gasteiger partial charge < -0.3 is 21.1 Å². The monoisotopic (exact) mass is 504 g/mol. The van der Waals surface area contributed by atoms with Gasteiger partial charge in [-0.2, -0.15) is 4.98 Å². The van der Waals surface area contributed by atoms with E-state index in [4.69, 9.17) is 5.73 Å². The number of aromatic amines is 1. The van der Waals surface area contributed by atoms with E-state index in [0.717, 1.165) is 67.3 Å². The van der Waals surface area contributed by atoms with Crippen LogP contribution in [0.25, 0.3) is 22.0 Å². The standard InChI is InChI=1S/C29H40N6O2/c1-5-8-13-29(4,20-36)34-27-23-12-11-21(16-25(23)32-28(30)33-27)24-17-26(37)31-18-22(24)19-35(14-9-6-2)15-10-7-3/h6-7,11-12,16-18,36H,2-3,5,8-10,13-15,19-20H2,1,4H3,(H,31,37)(H3,30,32,33,34)/t29-/m1/s1. The van der Waals surface area contributed by atoms with Crippen molar-refractivity contribution in [3.8, 4) is 11.1 Å². The molecular formula is C29H40N6O2. The minimum Gasteiger partial charge on any atom is -0.394 e. The molecule has 0 spiro atoms. The molecule has 0 amide bonds. The molecule has 5 N–H and O–H groups in total. The van der Waals surface area contributed by atoms with Crippen LogP contribution in [0, 0.1) is 0 Å². The van der Waals surface area contributed by atoms with Gasteiger partial charge in [-0.1, -0.05) is 38.0 Å². The van der Waals surface area contributed by atoms with Gasteiger partial charge in [-0.3, -0.25) is 9.69 Å². The van der Waals surface area contributed by atoms with Crippen LogP contribution in [0.5, 0.6) is 0 Å². The summed E-state index contributed by atoms with van der Waals surface area (Å²) in [5.41, 5.74) is 8.80. The van der Waals surface area contributed by atoms with Crippen LogP contribution in [0.4, 0.5) is 11.8 Å². The van der Waals surface area contributed by atoms with Gasteiger partial charge in [-0.05, 0) is 55.0 Å². The van der Waals surface area contributed by atoms with Crippen LogP contribution >= 0.6 is 0 Å². The number of H-pyrrole nitrogens is 1. The van der Waals surface area contributed by atoms with E-state index in [1.807, 2.05) is 37.3 Å². The van der Waals surface area contributed by atoms with E-state index in [9.17, 15) is 9.90 Å². The predicted octanol–water partition coefficient (Wildman–Crippen LogP) is 4.87. The smallest absolute Gasteiger partial charge is 0.248 e. The Hall–Kier alpha value is -3.49.